The molecular weight excluding hydrogens is 304 g/mol. The molecule has 2 aromatic rings. The third-order valence-electron chi connectivity index (χ3n) is 4.40. The minimum atomic E-state index is -0.475. The van der Waals surface area contributed by atoms with Crippen LogP contribution < -0.4 is 11.5 Å². The van der Waals surface area contributed by atoms with E-state index in [9.17, 15) is 9.59 Å². The Labute approximate surface area is 140 Å². The summed E-state index contributed by atoms with van der Waals surface area (Å²) >= 11 is 0. The van der Waals surface area contributed by atoms with Crippen molar-refractivity contribution < 1.29 is 9.59 Å². The maximum absolute atomic E-state index is 12.6. The number of hydrogen-bond acceptors (Lipinski definition) is 4. The van der Waals surface area contributed by atoms with Crippen molar-refractivity contribution in [2.24, 2.45) is 16.9 Å². The van der Waals surface area contributed by atoms with E-state index in [-0.39, 0.29) is 17.2 Å². The van der Waals surface area contributed by atoms with Gasteiger partial charge >= 0.3 is 0 Å². The first-order valence-electron chi connectivity index (χ1n) is 8.00. The lowest BCUT2D eigenvalue weighted by atomic mass is 9.75. The predicted octanol–water partition coefficient (Wildman–Crippen LogP) is 2.15. The molecule has 0 bridgehead atoms. The lowest BCUT2D eigenvalue weighted by Gasteiger charge is -2.29. The first-order valence-corrected chi connectivity index (χ1v) is 8.00. The summed E-state index contributed by atoms with van der Waals surface area (Å²) in [7, 11) is 0. The molecule has 0 saturated heterocycles. The number of nitrogens with two attached hydrogens (primary N) is 2. The fraction of sp³-hybridized carbons (Fsp3) is 0.389. The first kappa shape index (κ1) is 16.4. The van der Waals surface area contributed by atoms with Gasteiger partial charge in [-0.2, -0.15) is 5.10 Å². The quantitative estimate of drug-likeness (QED) is 0.901. The van der Waals surface area contributed by atoms with Crippen molar-refractivity contribution in [1.82, 2.24) is 9.78 Å². The molecule has 1 unspecified atom stereocenters. The normalized spacial score (nSPS) is 17.4. The van der Waals surface area contributed by atoms with E-state index < -0.39 is 5.91 Å². The van der Waals surface area contributed by atoms with Gasteiger partial charge in [0.1, 0.15) is 0 Å². The number of carbonyl (C=O) groups is 2. The zero-order valence-electron chi connectivity index (χ0n) is 14.2. The van der Waals surface area contributed by atoms with E-state index in [0.717, 1.165) is 17.8 Å². The Hall–Kier alpha value is -2.47. The van der Waals surface area contributed by atoms with Gasteiger partial charge in [0.15, 0.2) is 5.78 Å². The second kappa shape index (κ2) is 5.56. The van der Waals surface area contributed by atoms with Crippen molar-refractivity contribution in [1.29, 1.82) is 0 Å². The summed E-state index contributed by atoms with van der Waals surface area (Å²) in [5.41, 5.74) is 14.6. The van der Waals surface area contributed by atoms with Crippen LogP contribution in [0.1, 0.15) is 65.3 Å². The van der Waals surface area contributed by atoms with E-state index in [0.29, 0.717) is 23.2 Å². The van der Waals surface area contributed by atoms with Crippen LogP contribution in [0.15, 0.2) is 24.3 Å². The highest BCUT2D eigenvalue weighted by Crippen LogP contribution is 2.38. The van der Waals surface area contributed by atoms with Gasteiger partial charge < -0.3 is 11.5 Å². The molecule has 1 aliphatic carbocycles. The second-order valence-corrected chi connectivity index (χ2v) is 7.26. The Bertz CT molecular complexity index is 816. The molecule has 0 saturated carbocycles. The van der Waals surface area contributed by atoms with E-state index in [4.69, 9.17) is 11.5 Å². The van der Waals surface area contributed by atoms with E-state index in [1.807, 2.05) is 6.92 Å². The molecule has 0 spiro atoms. The van der Waals surface area contributed by atoms with Crippen molar-refractivity contribution >= 4 is 11.7 Å². The summed E-state index contributed by atoms with van der Waals surface area (Å²) < 4.78 is 1.78. The summed E-state index contributed by atoms with van der Waals surface area (Å²) in [6.45, 7) is 5.98. The fourth-order valence-electron chi connectivity index (χ4n) is 3.28. The van der Waals surface area contributed by atoms with Crippen molar-refractivity contribution in [3.8, 4) is 5.69 Å². The Morgan fingerprint density at radius 3 is 2.42 bits per heavy atom. The molecule has 4 N–H and O–H groups in total. The Morgan fingerprint density at radius 2 is 1.88 bits per heavy atom. The molecule has 24 heavy (non-hydrogen) atoms. The van der Waals surface area contributed by atoms with Crippen LogP contribution in [-0.4, -0.2) is 21.5 Å². The summed E-state index contributed by atoms with van der Waals surface area (Å²) in [4.78, 5) is 23.9. The van der Waals surface area contributed by atoms with Gasteiger partial charge in [0.05, 0.1) is 22.6 Å². The highest BCUT2D eigenvalue weighted by atomic mass is 16.1. The number of carbonyl (C=O) groups excluding carboxylic acids is 2. The number of fused-ring (bicyclic) bond motifs is 1. The van der Waals surface area contributed by atoms with Crippen molar-refractivity contribution in [2.45, 2.75) is 39.7 Å². The fourth-order valence-corrected chi connectivity index (χ4v) is 3.28. The van der Waals surface area contributed by atoms with Gasteiger partial charge in [-0.1, -0.05) is 13.8 Å². The Kier molecular flexibility index (Phi) is 3.80. The lowest BCUT2D eigenvalue weighted by Crippen LogP contribution is -2.28. The highest BCUT2D eigenvalue weighted by Gasteiger charge is 2.37. The van der Waals surface area contributed by atoms with Crippen LogP contribution in [0.25, 0.3) is 5.69 Å². The molecule has 6 heteroatoms. The molecule has 1 aliphatic rings. The molecule has 126 valence electrons. The molecule has 3 rings (SSSR count). The molecule has 0 fully saturated rings. The zero-order valence-corrected chi connectivity index (χ0v) is 14.2. The lowest BCUT2D eigenvalue weighted by molar-refractivity contribution is 0.0908. The number of ketones is 1. The molecule has 0 aliphatic heterocycles. The SMILES string of the molecule is CC(N)c1nn(-c2ccc(C(N)=O)cc2)c2c1C(=O)CC(C)(C)C2. The summed E-state index contributed by atoms with van der Waals surface area (Å²) in [6, 6.07) is 6.56. The number of rotatable bonds is 3. The number of aromatic nitrogens is 2. The monoisotopic (exact) mass is 326 g/mol. The van der Waals surface area contributed by atoms with Crippen LogP contribution in [0, 0.1) is 5.41 Å². The van der Waals surface area contributed by atoms with Gasteiger partial charge in [-0.3, -0.25) is 9.59 Å². The molecule has 1 atom stereocenters. The number of primary amides is 1. The Balaban J connectivity index is 2.17. The van der Waals surface area contributed by atoms with E-state index >= 15 is 0 Å². The maximum atomic E-state index is 12.6. The van der Waals surface area contributed by atoms with E-state index in [1.165, 1.54) is 0 Å². The largest absolute Gasteiger partial charge is 0.366 e. The van der Waals surface area contributed by atoms with Gasteiger partial charge in [0.25, 0.3) is 0 Å². The molecule has 6 nitrogen and oxygen atoms in total. The standard InChI is InChI=1S/C18H22N4O2/c1-10(19)16-15-13(8-18(2,3)9-14(15)23)22(21-16)12-6-4-11(5-7-12)17(20)24/h4-7,10H,8-9,19H2,1-3H3,(H2,20,24). The third-order valence-corrected chi connectivity index (χ3v) is 4.40. The van der Waals surface area contributed by atoms with Gasteiger partial charge in [0, 0.05) is 18.0 Å². The highest BCUT2D eigenvalue weighted by molar-refractivity contribution is 6.00. The number of hydrogen-bond donors (Lipinski definition) is 2. The van der Waals surface area contributed by atoms with Crippen molar-refractivity contribution in [2.75, 3.05) is 0 Å². The minimum absolute atomic E-state index is 0.0913. The van der Waals surface area contributed by atoms with Crippen LogP contribution in [0.3, 0.4) is 0 Å². The molecule has 0 radical (unpaired) electrons. The van der Waals surface area contributed by atoms with Gasteiger partial charge in [0.2, 0.25) is 5.91 Å². The van der Waals surface area contributed by atoms with Gasteiger partial charge in [-0.05, 0) is 43.0 Å². The zero-order chi connectivity index (χ0) is 17.6. The van der Waals surface area contributed by atoms with Crippen LogP contribution in [0.2, 0.25) is 0 Å². The topological polar surface area (TPSA) is 104 Å². The van der Waals surface area contributed by atoms with Crippen LogP contribution in [0.5, 0.6) is 0 Å². The summed E-state index contributed by atoms with van der Waals surface area (Å²) in [5.74, 6) is -0.384. The van der Waals surface area contributed by atoms with Crippen LogP contribution in [-0.2, 0) is 6.42 Å². The first-order chi connectivity index (χ1) is 11.2. The van der Waals surface area contributed by atoms with Crippen molar-refractivity contribution in [3.63, 3.8) is 0 Å². The van der Waals surface area contributed by atoms with E-state index in [2.05, 4.69) is 18.9 Å². The smallest absolute Gasteiger partial charge is 0.248 e. The number of Topliss-reactive ketones (excluding diaryl/α,β-unsaturated/α-hetero) is 1. The van der Waals surface area contributed by atoms with Crippen LogP contribution in [0.4, 0.5) is 0 Å². The number of nitrogens with zero attached hydrogens (tertiary/aromatic N) is 2. The molecule has 1 heterocycles. The summed E-state index contributed by atoms with van der Waals surface area (Å²) in [6.07, 6.45) is 1.23. The molecule has 1 aromatic heterocycles. The van der Waals surface area contributed by atoms with Gasteiger partial charge in [-0.25, -0.2) is 4.68 Å². The number of amides is 1. The molecule has 1 amide bonds. The Morgan fingerprint density at radius 1 is 1.25 bits per heavy atom. The van der Waals surface area contributed by atoms with Crippen LogP contribution >= 0.6 is 0 Å². The summed E-state index contributed by atoms with van der Waals surface area (Å²) in [5, 5.41) is 4.61. The maximum Gasteiger partial charge on any atom is 0.248 e. The minimum Gasteiger partial charge on any atom is -0.366 e. The average Bonchev–Trinajstić information content (AvgIpc) is 2.85. The predicted molar refractivity (Wildman–Crippen MR) is 91.1 cm³/mol. The average molecular weight is 326 g/mol. The number of benzene rings is 1. The van der Waals surface area contributed by atoms with Crippen molar-refractivity contribution in [3.05, 3.63) is 46.8 Å². The van der Waals surface area contributed by atoms with E-state index in [1.54, 1.807) is 28.9 Å². The van der Waals surface area contributed by atoms with Gasteiger partial charge in [-0.15, -0.1) is 0 Å². The molecular formula is C18H22N4O2. The molecule has 1 aromatic carbocycles. The third kappa shape index (κ3) is 2.73. The second-order valence-electron chi connectivity index (χ2n) is 7.26.